The third kappa shape index (κ3) is 4.58. The van der Waals surface area contributed by atoms with Crippen LogP contribution in [0.1, 0.15) is 49.2 Å². The highest BCUT2D eigenvalue weighted by molar-refractivity contribution is 6.29. The Balaban J connectivity index is 1.90. The van der Waals surface area contributed by atoms with Gasteiger partial charge >= 0.3 is 0 Å². The summed E-state index contributed by atoms with van der Waals surface area (Å²) >= 11 is 6.03. The van der Waals surface area contributed by atoms with Crippen molar-refractivity contribution in [2.75, 3.05) is 18.0 Å². The number of hydrogen-bond acceptors (Lipinski definition) is 5. The van der Waals surface area contributed by atoms with E-state index >= 15 is 0 Å². The van der Waals surface area contributed by atoms with E-state index in [1.165, 1.54) is 5.56 Å². The zero-order valence-electron chi connectivity index (χ0n) is 18.0. The molecule has 0 saturated heterocycles. The summed E-state index contributed by atoms with van der Waals surface area (Å²) in [5, 5.41) is 6.07. The molecule has 0 atom stereocenters. The van der Waals surface area contributed by atoms with Gasteiger partial charge in [0.05, 0.1) is 12.2 Å². The van der Waals surface area contributed by atoms with Gasteiger partial charge in [0.2, 0.25) is 0 Å². The second kappa shape index (κ2) is 8.49. The van der Waals surface area contributed by atoms with E-state index in [0.717, 1.165) is 33.8 Å². The molecule has 0 aliphatic heterocycles. The van der Waals surface area contributed by atoms with Crippen LogP contribution in [0.4, 0.5) is 5.82 Å². The van der Waals surface area contributed by atoms with Gasteiger partial charge in [-0.05, 0) is 56.0 Å². The number of fused-ring (bicyclic) bond motifs is 1. The number of hydrogen-bond donors (Lipinski definition) is 0. The van der Waals surface area contributed by atoms with E-state index in [9.17, 15) is 4.79 Å². The Labute approximate surface area is 176 Å². The van der Waals surface area contributed by atoms with E-state index in [-0.39, 0.29) is 5.78 Å². The molecule has 0 spiro atoms. The third-order valence-electron chi connectivity index (χ3n) is 5.06. The maximum absolute atomic E-state index is 12.8. The van der Waals surface area contributed by atoms with E-state index in [2.05, 4.69) is 30.0 Å². The average molecular weight is 414 g/mol. The van der Waals surface area contributed by atoms with Crippen molar-refractivity contribution in [1.29, 1.82) is 0 Å². The van der Waals surface area contributed by atoms with E-state index in [1.54, 1.807) is 6.07 Å². The molecule has 3 aromatic rings. The number of carbonyl (C=O) groups excluding carboxylic acids is 1. The second-order valence-electron chi connectivity index (χ2n) is 7.80. The summed E-state index contributed by atoms with van der Waals surface area (Å²) in [6.45, 7) is 11.2. The van der Waals surface area contributed by atoms with E-state index in [0.29, 0.717) is 30.6 Å². The van der Waals surface area contributed by atoms with E-state index in [1.807, 2.05) is 43.5 Å². The minimum Gasteiger partial charge on any atom is -0.349 e. The van der Waals surface area contributed by atoms with Crippen LogP contribution in [0, 0.1) is 13.8 Å². The smallest absolute Gasteiger partial charge is 0.160 e. The molecule has 0 saturated carbocycles. The predicted octanol–water partition coefficient (Wildman–Crippen LogP) is 4.40. The molecule has 7 heteroatoms. The molecule has 0 amide bonds. The van der Waals surface area contributed by atoms with Gasteiger partial charge in [0.1, 0.15) is 11.0 Å². The molecule has 0 N–H and O–H groups in total. The van der Waals surface area contributed by atoms with Crippen LogP contribution in [0.5, 0.6) is 0 Å². The summed E-state index contributed by atoms with van der Waals surface area (Å²) in [7, 11) is 1.91. The molecular weight excluding hydrogens is 386 g/mol. The Bertz CT molecular complexity index is 1040. The molecule has 29 heavy (non-hydrogen) atoms. The molecule has 0 aliphatic rings. The Morgan fingerprint density at radius 2 is 1.93 bits per heavy atom. The number of anilines is 1. The van der Waals surface area contributed by atoms with Crippen LogP contribution < -0.4 is 4.90 Å². The SMILES string of the molecule is CCN(CC(=O)Cc1cc(C)nc(Cl)c1)c1cc(C(C)C)c2c(C)nn(C)c2n1. The lowest BCUT2D eigenvalue weighted by Crippen LogP contribution is -2.31. The topological polar surface area (TPSA) is 63.9 Å². The fourth-order valence-corrected chi connectivity index (χ4v) is 4.00. The maximum atomic E-state index is 12.8. The standard InChI is InChI=1S/C22H28ClN5O/c1-7-28(12-17(29)9-16-8-14(4)24-19(23)10-16)20-11-18(13(2)3)21-15(5)26-27(6)22(21)25-20/h8,10-11,13H,7,9,12H2,1-6H3. The lowest BCUT2D eigenvalue weighted by molar-refractivity contribution is -0.117. The molecule has 3 aromatic heterocycles. The Kier molecular flexibility index (Phi) is 6.22. The molecule has 0 fully saturated rings. The molecule has 0 radical (unpaired) electrons. The molecule has 154 valence electrons. The quantitative estimate of drug-likeness (QED) is 0.537. The van der Waals surface area contributed by atoms with Gasteiger partial charge in [0, 0.05) is 31.1 Å². The van der Waals surface area contributed by atoms with Gasteiger partial charge < -0.3 is 4.90 Å². The van der Waals surface area contributed by atoms with E-state index < -0.39 is 0 Å². The molecule has 6 nitrogen and oxygen atoms in total. The summed E-state index contributed by atoms with van der Waals surface area (Å²) in [5.41, 5.74) is 4.74. The van der Waals surface area contributed by atoms with Crippen LogP contribution in [0.2, 0.25) is 5.15 Å². The zero-order chi connectivity index (χ0) is 21.3. The second-order valence-corrected chi connectivity index (χ2v) is 8.19. The number of ketones is 1. The lowest BCUT2D eigenvalue weighted by atomic mass is 9.99. The molecular formula is C22H28ClN5O. The monoisotopic (exact) mass is 413 g/mol. The molecule has 3 heterocycles. The lowest BCUT2D eigenvalue weighted by Gasteiger charge is -2.23. The Hall–Kier alpha value is -2.47. The van der Waals surface area contributed by atoms with Crippen molar-refractivity contribution in [1.82, 2.24) is 19.7 Å². The first kappa shape index (κ1) is 21.2. The number of aryl methyl sites for hydroxylation is 3. The molecule has 0 unspecified atom stereocenters. The number of carbonyl (C=O) groups is 1. The largest absolute Gasteiger partial charge is 0.349 e. The summed E-state index contributed by atoms with van der Waals surface area (Å²) < 4.78 is 1.82. The third-order valence-corrected chi connectivity index (χ3v) is 5.26. The average Bonchev–Trinajstić information content (AvgIpc) is 2.92. The Morgan fingerprint density at radius 3 is 2.55 bits per heavy atom. The number of rotatable bonds is 7. The summed E-state index contributed by atoms with van der Waals surface area (Å²) in [5.74, 6) is 1.25. The van der Waals surface area contributed by atoms with Crippen molar-refractivity contribution in [3.63, 3.8) is 0 Å². The van der Waals surface area contributed by atoms with Gasteiger partial charge in [-0.3, -0.25) is 9.48 Å². The van der Waals surface area contributed by atoms with Crippen molar-refractivity contribution < 1.29 is 4.79 Å². The summed E-state index contributed by atoms with van der Waals surface area (Å²) in [6, 6.07) is 5.76. The van der Waals surface area contributed by atoms with Crippen LogP contribution >= 0.6 is 11.6 Å². The number of aromatic nitrogens is 4. The first-order valence-electron chi connectivity index (χ1n) is 9.93. The van der Waals surface area contributed by atoms with Gasteiger partial charge in [-0.25, -0.2) is 9.97 Å². The highest BCUT2D eigenvalue weighted by Gasteiger charge is 2.19. The van der Waals surface area contributed by atoms with Crippen molar-refractivity contribution in [3.05, 3.63) is 45.9 Å². The fraction of sp³-hybridized carbons (Fsp3) is 0.455. The normalized spacial score (nSPS) is 11.4. The maximum Gasteiger partial charge on any atom is 0.160 e. The minimum absolute atomic E-state index is 0.114. The molecule has 3 rings (SSSR count). The van der Waals surface area contributed by atoms with Crippen LogP contribution in [0.15, 0.2) is 18.2 Å². The highest BCUT2D eigenvalue weighted by Crippen LogP contribution is 2.30. The van der Waals surface area contributed by atoms with Crippen LogP contribution in [0.25, 0.3) is 11.0 Å². The molecule has 0 aromatic carbocycles. The van der Waals surface area contributed by atoms with E-state index in [4.69, 9.17) is 16.6 Å². The van der Waals surface area contributed by atoms with Gasteiger partial charge in [0.25, 0.3) is 0 Å². The first-order chi connectivity index (χ1) is 13.7. The van der Waals surface area contributed by atoms with Gasteiger partial charge in [-0.2, -0.15) is 5.10 Å². The van der Waals surface area contributed by atoms with Gasteiger partial charge in [-0.1, -0.05) is 25.4 Å². The van der Waals surface area contributed by atoms with Crippen molar-refractivity contribution in [2.24, 2.45) is 7.05 Å². The molecule has 0 bridgehead atoms. The number of Topliss-reactive ketones (excluding diaryl/α,β-unsaturated/α-hetero) is 1. The van der Waals surface area contributed by atoms with Crippen molar-refractivity contribution >= 4 is 34.2 Å². The van der Waals surface area contributed by atoms with Crippen LogP contribution in [-0.2, 0) is 18.3 Å². The predicted molar refractivity (Wildman–Crippen MR) is 118 cm³/mol. The summed E-state index contributed by atoms with van der Waals surface area (Å²) in [6.07, 6.45) is 0.323. The number of nitrogens with zero attached hydrogens (tertiary/aromatic N) is 5. The van der Waals surface area contributed by atoms with Crippen LogP contribution in [-0.4, -0.2) is 38.6 Å². The van der Waals surface area contributed by atoms with Crippen molar-refractivity contribution in [2.45, 2.75) is 47.0 Å². The summed E-state index contributed by atoms with van der Waals surface area (Å²) in [4.78, 5) is 23.8. The molecule has 0 aliphatic carbocycles. The highest BCUT2D eigenvalue weighted by atomic mass is 35.5. The minimum atomic E-state index is 0.114. The van der Waals surface area contributed by atoms with Gasteiger partial charge in [-0.15, -0.1) is 0 Å². The van der Waals surface area contributed by atoms with Gasteiger partial charge in [0.15, 0.2) is 11.4 Å². The first-order valence-corrected chi connectivity index (χ1v) is 10.3. The van der Waals surface area contributed by atoms with Crippen molar-refractivity contribution in [3.8, 4) is 0 Å². The van der Waals surface area contributed by atoms with Crippen LogP contribution in [0.3, 0.4) is 0 Å². The number of likely N-dealkylation sites (N-methyl/N-ethyl adjacent to an activating group) is 1. The number of halogens is 1. The zero-order valence-corrected chi connectivity index (χ0v) is 18.7. The number of pyridine rings is 2. The fourth-order valence-electron chi connectivity index (χ4n) is 3.73. The Morgan fingerprint density at radius 1 is 1.21 bits per heavy atom.